The van der Waals surface area contributed by atoms with Crippen molar-refractivity contribution in [1.29, 1.82) is 0 Å². The molecule has 0 spiro atoms. The van der Waals surface area contributed by atoms with Crippen molar-refractivity contribution in [2.24, 2.45) is 0 Å². The van der Waals surface area contributed by atoms with E-state index in [4.69, 9.17) is 13.9 Å². The average Bonchev–Trinajstić information content (AvgIpc) is 3.50. The molecule has 2 aromatic carbocycles. The SMILES string of the molecule is COc1ccccc1C(c1oc2ccccc2c1NC(=O)c1cccs1)N1CCOCC1. The number of rotatable bonds is 6. The Balaban J connectivity index is 1.67. The first-order chi connectivity index (χ1) is 15.8. The number of benzene rings is 2. The van der Waals surface area contributed by atoms with E-state index in [-0.39, 0.29) is 11.9 Å². The van der Waals surface area contributed by atoms with Gasteiger partial charge in [-0.05, 0) is 29.6 Å². The Morgan fingerprint density at radius 3 is 2.62 bits per heavy atom. The predicted molar refractivity (Wildman–Crippen MR) is 126 cm³/mol. The first kappa shape index (κ1) is 20.8. The fraction of sp³-hybridized carbons (Fsp3) is 0.240. The van der Waals surface area contributed by atoms with Gasteiger partial charge in [-0.25, -0.2) is 0 Å². The number of para-hydroxylation sites is 2. The van der Waals surface area contributed by atoms with Crippen LogP contribution in [0.15, 0.2) is 70.5 Å². The quantitative estimate of drug-likeness (QED) is 0.441. The molecular formula is C25H24N2O4S. The number of anilines is 1. The highest BCUT2D eigenvalue weighted by atomic mass is 32.1. The minimum atomic E-state index is -0.235. The van der Waals surface area contributed by atoms with Gasteiger partial charge >= 0.3 is 0 Å². The maximum absolute atomic E-state index is 13.0. The summed E-state index contributed by atoms with van der Waals surface area (Å²) in [5, 5.41) is 5.91. The zero-order valence-electron chi connectivity index (χ0n) is 17.7. The second-order valence-corrected chi connectivity index (χ2v) is 8.51. The zero-order valence-corrected chi connectivity index (χ0v) is 18.6. The molecule has 1 aliphatic heterocycles. The zero-order chi connectivity index (χ0) is 21.9. The maximum atomic E-state index is 13.0. The van der Waals surface area contributed by atoms with Crippen molar-refractivity contribution in [1.82, 2.24) is 4.90 Å². The number of methoxy groups -OCH3 is 1. The molecule has 0 radical (unpaired) electrons. The number of ether oxygens (including phenoxy) is 2. The van der Waals surface area contributed by atoms with Crippen LogP contribution in [0.1, 0.15) is 27.0 Å². The Bertz CT molecular complexity index is 1210. The Kier molecular flexibility index (Phi) is 5.94. The van der Waals surface area contributed by atoms with Gasteiger partial charge in [0.05, 0.1) is 36.9 Å². The van der Waals surface area contributed by atoms with Crippen LogP contribution in [-0.2, 0) is 4.74 Å². The molecule has 1 saturated heterocycles. The summed E-state index contributed by atoms with van der Waals surface area (Å²) in [6.07, 6.45) is 0. The van der Waals surface area contributed by atoms with Gasteiger partial charge in [0.15, 0.2) is 5.76 Å². The van der Waals surface area contributed by atoms with E-state index >= 15 is 0 Å². The van der Waals surface area contributed by atoms with Gasteiger partial charge < -0.3 is 19.2 Å². The van der Waals surface area contributed by atoms with E-state index in [9.17, 15) is 4.79 Å². The lowest BCUT2D eigenvalue weighted by Crippen LogP contribution is -2.39. The van der Waals surface area contributed by atoms with Crippen molar-refractivity contribution < 1.29 is 18.7 Å². The Morgan fingerprint density at radius 1 is 1.06 bits per heavy atom. The molecule has 4 aromatic rings. The molecule has 6 nitrogen and oxygen atoms in total. The molecule has 7 heteroatoms. The van der Waals surface area contributed by atoms with Crippen LogP contribution in [0.5, 0.6) is 5.75 Å². The normalized spacial score (nSPS) is 15.5. The fourth-order valence-electron chi connectivity index (χ4n) is 4.20. The fourth-order valence-corrected chi connectivity index (χ4v) is 4.82. The van der Waals surface area contributed by atoms with Crippen molar-refractivity contribution in [3.63, 3.8) is 0 Å². The lowest BCUT2D eigenvalue weighted by atomic mass is 9.99. The Hall–Kier alpha value is -3.13. The van der Waals surface area contributed by atoms with E-state index in [0.717, 1.165) is 35.4 Å². The highest BCUT2D eigenvalue weighted by molar-refractivity contribution is 7.12. The molecule has 1 fully saturated rings. The number of nitrogens with one attached hydrogen (secondary N) is 1. The minimum Gasteiger partial charge on any atom is -0.496 e. The third-order valence-electron chi connectivity index (χ3n) is 5.70. The largest absolute Gasteiger partial charge is 0.496 e. The number of carbonyl (C=O) groups is 1. The lowest BCUT2D eigenvalue weighted by Gasteiger charge is -2.34. The van der Waals surface area contributed by atoms with Crippen LogP contribution in [0.4, 0.5) is 5.69 Å². The van der Waals surface area contributed by atoms with E-state index in [1.54, 1.807) is 7.11 Å². The first-order valence-corrected chi connectivity index (χ1v) is 11.4. The molecule has 0 aliphatic carbocycles. The second kappa shape index (κ2) is 9.16. The second-order valence-electron chi connectivity index (χ2n) is 7.56. The molecule has 5 rings (SSSR count). The number of fused-ring (bicyclic) bond motifs is 1. The summed E-state index contributed by atoms with van der Waals surface area (Å²) < 4.78 is 17.8. The van der Waals surface area contributed by atoms with Crippen LogP contribution in [0, 0.1) is 0 Å². The summed E-state index contributed by atoms with van der Waals surface area (Å²) in [4.78, 5) is 16.0. The van der Waals surface area contributed by atoms with Gasteiger partial charge in [0.2, 0.25) is 0 Å². The lowest BCUT2D eigenvalue weighted by molar-refractivity contribution is 0.0202. The van der Waals surface area contributed by atoms with Gasteiger partial charge in [-0.1, -0.05) is 36.4 Å². The summed E-state index contributed by atoms with van der Waals surface area (Å²) >= 11 is 1.41. The molecule has 1 amide bonds. The number of hydrogen-bond donors (Lipinski definition) is 1. The number of hydrogen-bond acceptors (Lipinski definition) is 6. The number of carbonyl (C=O) groups excluding carboxylic acids is 1. The molecule has 2 aromatic heterocycles. The Morgan fingerprint density at radius 2 is 1.84 bits per heavy atom. The van der Waals surface area contributed by atoms with Crippen LogP contribution in [0.3, 0.4) is 0 Å². The highest BCUT2D eigenvalue weighted by Crippen LogP contribution is 2.43. The molecule has 1 atom stereocenters. The van der Waals surface area contributed by atoms with Gasteiger partial charge in [0, 0.05) is 24.0 Å². The van der Waals surface area contributed by atoms with E-state index in [2.05, 4.69) is 16.3 Å². The van der Waals surface area contributed by atoms with Crippen LogP contribution >= 0.6 is 11.3 Å². The summed E-state index contributed by atoms with van der Waals surface area (Å²) in [6, 6.07) is 19.2. The maximum Gasteiger partial charge on any atom is 0.265 e. The van der Waals surface area contributed by atoms with Crippen molar-refractivity contribution in [2.45, 2.75) is 6.04 Å². The van der Waals surface area contributed by atoms with E-state index in [1.807, 2.05) is 60.0 Å². The van der Waals surface area contributed by atoms with Crippen LogP contribution < -0.4 is 10.1 Å². The van der Waals surface area contributed by atoms with Crippen molar-refractivity contribution in [3.05, 3.63) is 82.2 Å². The molecule has 1 aliphatic rings. The molecule has 3 heterocycles. The third-order valence-corrected chi connectivity index (χ3v) is 6.57. The van der Waals surface area contributed by atoms with Crippen LogP contribution in [0.2, 0.25) is 0 Å². The number of nitrogens with zero attached hydrogens (tertiary/aromatic N) is 1. The monoisotopic (exact) mass is 448 g/mol. The van der Waals surface area contributed by atoms with E-state index in [1.165, 1.54) is 11.3 Å². The van der Waals surface area contributed by atoms with Crippen molar-refractivity contribution in [3.8, 4) is 5.75 Å². The van der Waals surface area contributed by atoms with E-state index < -0.39 is 0 Å². The van der Waals surface area contributed by atoms with Crippen LogP contribution in [0.25, 0.3) is 11.0 Å². The molecule has 0 saturated carbocycles. The summed E-state index contributed by atoms with van der Waals surface area (Å²) in [5.74, 6) is 1.33. The smallest absolute Gasteiger partial charge is 0.265 e. The molecule has 32 heavy (non-hydrogen) atoms. The topological polar surface area (TPSA) is 63.9 Å². The van der Waals surface area contributed by atoms with Crippen molar-refractivity contribution in [2.75, 3.05) is 38.7 Å². The number of morpholine rings is 1. The molecule has 1 unspecified atom stereocenters. The van der Waals surface area contributed by atoms with Gasteiger partial charge in [-0.15, -0.1) is 11.3 Å². The Labute approximate surface area is 190 Å². The first-order valence-electron chi connectivity index (χ1n) is 10.6. The summed E-state index contributed by atoms with van der Waals surface area (Å²) in [7, 11) is 1.67. The number of amides is 1. The van der Waals surface area contributed by atoms with Crippen LogP contribution in [-0.4, -0.2) is 44.2 Å². The average molecular weight is 449 g/mol. The van der Waals surface area contributed by atoms with Crippen molar-refractivity contribution >= 4 is 33.9 Å². The molecule has 1 N–H and O–H groups in total. The van der Waals surface area contributed by atoms with Gasteiger partial charge in [-0.2, -0.15) is 0 Å². The van der Waals surface area contributed by atoms with E-state index in [0.29, 0.717) is 29.5 Å². The van der Waals surface area contributed by atoms with Gasteiger partial charge in [0.1, 0.15) is 11.3 Å². The molecule has 164 valence electrons. The standard InChI is InChI=1S/C25H24N2O4S/c1-29-19-9-4-3-8-18(19)23(27-12-14-30-15-13-27)24-22(17-7-2-5-10-20(17)31-24)26-25(28)21-11-6-16-32-21/h2-11,16,23H,12-15H2,1H3,(H,26,28). The highest BCUT2D eigenvalue weighted by Gasteiger charge is 2.33. The van der Waals surface area contributed by atoms with Gasteiger partial charge in [0.25, 0.3) is 5.91 Å². The summed E-state index contributed by atoms with van der Waals surface area (Å²) in [6.45, 7) is 2.78. The third kappa shape index (κ3) is 3.90. The predicted octanol–water partition coefficient (Wildman–Crippen LogP) is 5.18. The van der Waals surface area contributed by atoms with Gasteiger partial charge in [-0.3, -0.25) is 9.69 Å². The summed E-state index contributed by atoms with van der Waals surface area (Å²) in [5.41, 5.74) is 2.42. The molecular weight excluding hydrogens is 424 g/mol. The number of thiophene rings is 1. The number of furan rings is 1. The molecule has 0 bridgehead atoms. The minimum absolute atomic E-state index is 0.145.